The molecule has 4 N–H and O–H groups in total. The number of aryl methyl sites for hydroxylation is 2. The zero-order chi connectivity index (χ0) is 19.2. The average molecular weight is 359 g/mol. The molecule has 0 saturated carbocycles. The van der Waals surface area contributed by atoms with E-state index in [2.05, 4.69) is 21.9 Å². The van der Waals surface area contributed by atoms with Gasteiger partial charge in [0.2, 0.25) is 0 Å². The van der Waals surface area contributed by atoms with Crippen molar-refractivity contribution in [2.45, 2.75) is 38.7 Å². The number of H-pyrrole nitrogens is 1. The number of hydrogen-bond acceptors (Lipinski definition) is 7. The molecule has 3 rings (SSSR count). The van der Waals surface area contributed by atoms with Crippen LogP contribution in [0.15, 0.2) is 21.7 Å². The Hall–Kier alpha value is -2.62. The van der Waals surface area contributed by atoms with Crippen LogP contribution in [0.5, 0.6) is 0 Å². The van der Waals surface area contributed by atoms with E-state index in [0.29, 0.717) is 11.0 Å². The second-order valence-corrected chi connectivity index (χ2v) is 6.32. The minimum absolute atomic E-state index is 0.0145. The van der Waals surface area contributed by atoms with Gasteiger partial charge in [-0.05, 0) is 44.0 Å². The second-order valence-electron chi connectivity index (χ2n) is 6.32. The Labute approximate surface area is 147 Å². The van der Waals surface area contributed by atoms with Crippen molar-refractivity contribution in [1.82, 2.24) is 19.5 Å². The quantitative estimate of drug-likeness (QED) is 0.443. The molecule has 0 unspecified atom stereocenters. The topological polar surface area (TPSA) is 141 Å². The summed E-state index contributed by atoms with van der Waals surface area (Å²) in [6.45, 7) is 6.84. The number of aliphatic hydroxyl groups is 3. The average Bonchev–Trinajstić information content (AvgIpc) is 2.56. The predicted molar refractivity (Wildman–Crippen MR) is 93.9 cm³/mol. The largest absolute Gasteiger partial charge is 0.390 e. The fraction of sp³-hybridized carbons (Fsp3) is 0.353. The lowest BCUT2D eigenvalue weighted by Crippen LogP contribution is -2.39. The van der Waals surface area contributed by atoms with Gasteiger partial charge in [-0.15, -0.1) is 0 Å². The molecule has 1 radical (unpaired) electrons. The highest BCUT2D eigenvalue weighted by atomic mass is 16.4. The Morgan fingerprint density at radius 1 is 1.15 bits per heavy atom. The van der Waals surface area contributed by atoms with Crippen molar-refractivity contribution in [2.75, 3.05) is 0 Å². The lowest BCUT2D eigenvalue weighted by atomic mass is 10.1. The molecule has 0 saturated heterocycles. The third-order valence-corrected chi connectivity index (χ3v) is 4.38. The standard InChI is InChI=1S/C17H19N4O5/c1-7-4-10-11(5-8(7)2)21(6-12(23)14(24)9(3)22)15-13(18-10)16(25)20-17(26)19-15/h4-5,9,12,14,22-24H,3,6H2,1-2H3,(H,20,25,26)/t9-,12+,14+/m1/s1. The molecule has 3 atom stereocenters. The maximum Gasteiger partial charge on any atom is 0.349 e. The van der Waals surface area contributed by atoms with Crippen molar-refractivity contribution in [3.8, 4) is 11.5 Å². The lowest BCUT2D eigenvalue weighted by molar-refractivity contribution is -0.0478. The number of aliphatic hydroxyl groups excluding tert-OH is 3. The van der Waals surface area contributed by atoms with Crippen LogP contribution in [-0.2, 0) is 6.54 Å². The lowest BCUT2D eigenvalue weighted by Gasteiger charge is -2.24. The normalized spacial score (nSPS) is 15.3. The van der Waals surface area contributed by atoms with Gasteiger partial charge in [-0.2, -0.15) is 4.98 Å². The SMILES string of the molecule is [CH2][C@@H](O)[C@H](O)[C@@H](O)Cn1c2nc(=O)[nH]c(=O)c-2nc2cc(C)c(C)cc21. The number of hydrogen-bond donors (Lipinski definition) is 4. The zero-order valence-corrected chi connectivity index (χ0v) is 14.3. The van der Waals surface area contributed by atoms with E-state index in [1.165, 1.54) is 4.57 Å². The Bertz CT molecular complexity index is 1060. The van der Waals surface area contributed by atoms with Gasteiger partial charge in [0.25, 0.3) is 5.56 Å². The third kappa shape index (κ3) is 3.12. The van der Waals surface area contributed by atoms with Crippen LogP contribution in [0.3, 0.4) is 0 Å². The molecular formula is C17H19N4O5. The summed E-state index contributed by atoms with van der Waals surface area (Å²) in [5, 5.41) is 29.5. The van der Waals surface area contributed by atoms with Crippen LogP contribution in [0.1, 0.15) is 11.1 Å². The Morgan fingerprint density at radius 2 is 1.81 bits per heavy atom. The van der Waals surface area contributed by atoms with Crippen LogP contribution in [0, 0.1) is 20.8 Å². The summed E-state index contributed by atoms with van der Waals surface area (Å²) in [6, 6.07) is 3.58. The highest BCUT2D eigenvalue weighted by molar-refractivity contribution is 5.81. The number of fused-ring (bicyclic) bond motifs is 2. The van der Waals surface area contributed by atoms with Gasteiger partial charge >= 0.3 is 5.69 Å². The molecule has 26 heavy (non-hydrogen) atoms. The number of aromatic nitrogens is 4. The van der Waals surface area contributed by atoms with Gasteiger partial charge in [-0.1, -0.05) is 0 Å². The number of nitrogens with zero attached hydrogens (tertiary/aromatic N) is 3. The highest BCUT2D eigenvalue weighted by Gasteiger charge is 2.26. The van der Waals surface area contributed by atoms with Crippen molar-refractivity contribution in [2.24, 2.45) is 0 Å². The molecule has 0 bridgehead atoms. The van der Waals surface area contributed by atoms with Crippen molar-refractivity contribution >= 4 is 11.0 Å². The summed E-state index contributed by atoms with van der Waals surface area (Å²) in [6.07, 6.45) is -4.32. The molecule has 2 aliphatic rings. The van der Waals surface area contributed by atoms with Crippen LogP contribution in [-0.4, -0.2) is 53.2 Å². The fourth-order valence-corrected chi connectivity index (χ4v) is 2.79. The Balaban J connectivity index is 2.33. The number of aromatic amines is 1. The first kappa shape index (κ1) is 18.2. The Kier molecular flexibility index (Phi) is 4.61. The third-order valence-electron chi connectivity index (χ3n) is 4.38. The second kappa shape index (κ2) is 6.60. The number of rotatable bonds is 4. The summed E-state index contributed by atoms with van der Waals surface area (Å²) in [5.41, 5.74) is 1.31. The minimum atomic E-state index is -1.51. The monoisotopic (exact) mass is 359 g/mol. The minimum Gasteiger partial charge on any atom is -0.390 e. The number of nitrogens with one attached hydrogen (secondary N) is 1. The Morgan fingerprint density at radius 3 is 2.46 bits per heavy atom. The molecule has 0 aliphatic carbocycles. The van der Waals surface area contributed by atoms with Gasteiger partial charge in [0, 0.05) is 0 Å². The van der Waals surface area contributed by atoms with Gasteiger partial charge in [0.05, 0.1) is 23.7 Å². The first-order valence-corrected chi connectivity index (χ1v) is 7.98. The van der Waals surface area contributed by atoms with E-state index < -0.39 is 29.6 Å². The molecule has 0 fully saturated rings. The molecule has 0 aromatic heterocycles. The van der Waals surface area contributed by atoms with Gasteiger partial charge in [-0.3, -0.25) is 9.78 Å². The van der Waals surface area contributed by atoms with Crippen LogP contribution in [0.25, 0.3) is 22.6 Å². The summed E-state index contributed by atoms with van der Waals surface area (Å²) in [4.78, 5) is 34.0. The predicted octanol–water partition coefficient (Wildman–Crippen LogP) is -0.882. The van der Waals surface area contributed by atoms with E-state index in [0.717, 1.165) is 11.1 Å². The van der Waals surface area contributed by atoms with Crippen molar-refractivity contribution in [3.63, 3.8) is 0 Å². The van der Waals surface area contributed by atoms with Gasteiger partial charge < -0.3 is 19.9 Å². The molecule has 0 amide bonds. The maximum atomic E-state index is 12.1. The zero-order valence-electron chi connectivity index (χ0n) is 14.3. The fourth-order valence-electron chi connectivity index (χ4n) is 2.79. The summed E-state index contributed by atoms with van der Waals surface area (Å²) >= 11 is 0. The van der Waals surface area contributed by atoms with E-state index in [4.69, 9.17) is 0 Å². The van der Waals surface area contributed by atoms with Gasteiger partial charge in [-0.25, -0.2) is 9.78 Å². The molecule has 9 nitrogen and oxygen atoms in total. The van der Waals surface area contributed by atoms with E-state index in [1.807, 2.05) is 13.8 Å². The first-order valence-electron chi connectivity index (χ1n) is 7.98. The van der Waals surface area contributed by atoms with Crippen LogP contribution >= 0.6 is 0 Å². The molecule has 0 spiro atoms. The molecule has 9 heteroatoms. The van der Waals surface area contributed by atoms with Crippen LogP contribution in [0.4, 0.5) is 0 Å². The molecule has 2 heterocycles. The summed E-state index contributed by atoms with van der Waals surface area (Å²) in [5.74, 6) is -0.0145. The molecule has 137 valence electrons. The van der Waals surface area contributed by atoms with Gasteiger partial charge in [0.1, 0.15) is 12.2 Å². The van der Waals surface area contributed by atoms with E-state index in [1.54, 1.807) is 12.1 Å². The summed E-state index contributed by atoms with van der Waals surface area (Å²) in [7, 11) is 0. The maximum absolute atomic E-state index is 12.1. The molecule has 1 aromatic carbocycles. The van der Waals surface area contributed by atoms with E-state index >= 15 is 0 Å². The van der Waals surface area contributed by atoms with Crippen LogP contribution < -0.4 is 11.2 Å². The first-order chi connectivity index (χ1) is 12.2. The van der Waals surface area contributed by atoms with Crippen molar-refractivity contribution < 1.29 is 15.3 Å². The highest BCUT2D eigenvalue weighted by Crippen LogP contribution is 2.24. The van der Waals surface area contributed by atoms with E-state index in [9.17, 15) is 24.9 Å². The van der Waals surface area contributed by atoms with Crippen molar-refractivity contribution in [1.29, 1.82) is 0 Å². The summed E-state index contributed by atoms with van der Waals surface area (Å²) < 4.78 is 1.44. The molecular weight excluding hydrogens is 340 g/mol. The molecule has 1 aromatic rings. The smallest absolute Gasteiger partial charge is 0.349 e. The van der Waals surface area contributed by atoms with E-state index in [-0.39, 0.29) is 18.1 Å². The molecule has 2 aliphatic heterocycles. The van der Waals surface area contributed by atoms with Crippen LogP contribution in [0.2, 0.25) is 0 Å². The van der Waals surface area contributed by atoms with Crippen molar-refractivity contribution in [3.05, 3.63) is 51.0 Å². The van der Waals surface area contributed by atoms with Gasteiger partial charge in [0.15, 0.2) is 11.5 Å². The number of benzene rings is 1.